The predicted molar refractivity (Wildman–Crippen MR) is 116 cm³/mol. The summed E-state index contributed by atoms with van der Waals surface area (Å²) in [6, 6.07) is 20.9. The maximum atomic E-state index is 5.94. The van der Waals surface area contributed by atoms with Crippen LogP contribution in [0, 0.1) is 6.92 Å². The highest BCUT2D eigenvalue weighted by molar-refractivity contribution is 7.95. The second kappa shape index (κ2) is 9.13. The normalized spacial score (nSPS) is 14.8. The van der Waals surface area contributed by atoms with Crippen molar-refractivity contribution in [2.24, 2.45) is 0 Å². The van der Waals surface area contributed by atoms with Crippen LogP contribution in [0.25, 0.3) is 0 Å². The molecule has 0 aliphatic carbocycles. The maximum Gasteiger partial charge on any atom is 0.139 e. The van der Waals surface area contributed by atoms with Crippen LogP contribution in [0.15, 0.2) is 78.0 Å². The summed E-state index contributed by atoms with van der Waals surface area (Å²) in [4.78, 5) is 10.2. The van der Waals surface area contributed by atoms with Gasteiger partial charge in [-0.05, 0) is 42.8 Å². The van der Waals surface area contributed by atoms with Gasteiger partial charge in [0.2, 0.25) is 0 Å². The Hall–Kier alpha value is -2.50. The molecule has 0 spiro atoms. The Labute approximate surface area is 171 Å². The van der Waals surface area contributed by atoms with E-state index in [1.807, 2.05) is 24.5 Å². The van der Waals surface area contributed by atoms with E-state index in [0.717, 1.165) is 43.4 Å². The van der Waals surface area contributed by atoms with Crippen molar-refractivity contribution in [1.29, 1.82) is 0 Å². The number of hydrogen-bond acceptors (Lipinski definition) is 5. The Bertz CT molecular complexity index is 878. The Kier molecular flexibility index (Phi) is 6.14. The van der Waals surface area contributed by atoms with E-state index in [2.05, 4.69) is 70.2 Å². The molecule has 0 saturated carbocycles. The van der Waals surface area contributed by atoms with E-state index >= 15 is 0 Å². The van der Waals surface area contributed by atoms with Crippen LogP contribution in [-0.2, 0) is 6.54 Å². The van der Waals surface area contributed by atoms with Crippen LogP contribution >= 0.6 is 12.0 Å². The summed E-state index contributed by atoms with van der Waals surface area (Å²) >= 11 is 1.41. The fourth-order valence-corrected chi connectivity index (χ4v) is 3.88. The third-order valence-electron chi connectivity index (χ3n) is 4.94. The first-order valence-electron chi connectivity index (χ1n) is 9.64. The van der Waals surface area contributed by atoms with E-state index in [1.165, 1.54) is 28.9 Å². The number of aryl methyl sites for hydroxylation is 1. The van der Waals surface area contributed by atoms with Crippen molar-refractivity contribution in [3.63, 3.8) is 0 Å². The quantitative estimate of drug-likeness (QED) is 0.563. The van der Waals surface area contributed by atoms with Gasteiger partial charge in [0.25, 0.3) is 0 Å². The lowest BCUT2D eigenvalue weighted by atomic mass is 10.2. The molecule has 28 heavy (non-hydrogen) atoms. The smallest absolute Gasteiger partial charge is 0.139 e. The fourth-order valence-electron chi connectivity index (χ4n) is 3.34. The molecule has 144 valence electrons. The molecule has 0 radical (unpaired) electrons. The zero-order valence-electron chi connectivity index (χ0n) is 16.1. The monoisotopic (exact) mass is 391 g/mol. The minimum atomic E-state index is 0.890. The third kappa shape index (κ3) is 5.06. The fraction of sp³-hybridized carbons (Fsp3) is 0.261. The molecule has 0 bridgehead atoms. The standard InChI is InChI=1S/C23H25N3OS/c1-19-7-9-23(10-8-19)28-27-22-6-2-5-21(16-22)26-14-12-25(13-15-26)18-20-4-3-11-24-17-20/h2-11,16-17H,12-15,18H2,1H3. The molecule has 1 aromatic heterocycles. The Morgan fingerprint density at radius 2 is 1.79 bits per heavy atom. The maximum absolute atomic E-state index is 5.94. The van der Waals surface area contributed by atoms with E-state index in [-0.39, 0.29) is 0 Å². The highest BCUT2D eigenvalue weighted by Gasteiger charge is 2.17. The number of pyridine rings is 1. The van der Waals surface area contributed by atoms with E-state index in [1.54, 1.807) is 0 Å². The molecule has 0 N–H and O–H groups in total. The van der Waals surface area contributed by atoms with Gasteiger partial charge in [-0.25, -0.2) is 0 Å². The van der Waals surface area contributed by atoms with Crippen LogP contribution in [0.1, 0.15) is 11.1 Å². The number of piperazine rings is 1. The molecule has 4 rings (SSSR count). The van der Waals surface area contributed by atoms with E-state index in [0.29, 0.717) is 0 Å². The molecule has 0 unspecified atom stereocenters. The SMILES string of the molecule is Cc1ccc(SOc2cccc(N3CCN(Cc4cccnc4)CC3)c2)cc1. The van der Waals surface area contributed by atoms with E-state index in [4.69, 9.17) is 4.18 Å². The minimum Gasteiger partial charge on any atom is -0.421 e. The zero-order valence-corrected chi connectivity index (χ0v) is 16.9. The number of rotatable bonds is 6. The van der Waals surface area contributed by atoms with Gasteiger partial charge in [-0.15, -0.1) is 0 Å². The van der Waals surface area contributed by atoms with Crippen molar-refractivity contribution in [2.75, 3.05) is 31.1 Å². The summed E-state index contributed by atoms with van der Waals surface area (Å²) in [6.07, 6.45) is 3.78. The molecule has 5 heteroatoms. The molecule has 4 nitrogen and oxygen atoms in total. The van der Waals surface area contributed by atoms with Crippen LogP contribution in [-0.4, -0.2) is 36.1 Å². The molecular weight excluding hydrogens is 366 g/mol. The molecule has 0 amide bonds. The summed E-state index contributed by atoms with van der Waals surface area (Å²) < 4.78 is 5.94. The van der Waals surface area contributed by atoms with Crippen molar-refractivity contribution < 1.29 is 4.18 Å². The minimum absolute atomic E-state index is 0.890. The van der Waals surface area contributed by atoms with Gasteiger partial charge in [-0.3, -0.25) is 9.88 Å². The predicted octanol–water partition coefficient (Wildman–Crippen LogP) is 4.80. The third-order valence-corrected chi connectivity index (χ3v) is 5.68. The summed E-state index contributed by atoms with van der Waals surface area (Å²) in [6.45, 7) is 7.22. The Morgan fingerprint density at radius 1 is 0.964 bits per heavy atom. The molecule has 1 aliphatic heterocycles. The van der Waals surface area contributed by atoms with Gasteiger partial charge in [0.15, 0.2) is 0 Å². The van der Waals surface area contributed by atoms with Crippen LogP contribution < -0.4 is 9.08 Å². The first-order chi connectivity index (χ1) is 13.8. The van der Waals surface area contributed by atoms with E-state index in [9.17, 15) is 0 Å². The molecule has 1 saturated heterocycles. The molecule has 1 aliphatic rings. The summed E-state index contributed by atoms with van der Waals surface area (Å²) in [5.74, 6) is 0.890. The van der Waals surface area contributed by atoms with Gasteiger partial charge in [-0.1, -0.05) is 29.8 Å². The van der Waals surface area contributed by atoms with Crippen LogP contribution in [0.5, 0.6) is 5.75 Å². The molecule has 3 aromatic rings. The van der Waals surface area contributed by atoms with Crippen LogP contribution in [0.3, 0.4) is 0 Å². The number of nitrogens with zero attached hydrogens (tertiary/aromatic N) is 3. The summed E-state index contributed by atoms with van der Waals surface area (Å²) in [7, 11) is 0. The topological polar surface area (TPSA) is 28.6 Å². The Balaban J connectivity index is 1.31. The highest BCUT2D eigenvalue weighted by atomic mass is 32.2. The summed E-state index contributed by atoms with van der Waals surface area (Å²) in [5.41, 5.74) is 3.76. The summed E-state index contributed by atoms with van der Waals surface area (Å²) in [5, 5.41) is 0. The van der Waals surface area contributed by atoms with Crippen molar-refractivity contribution in [2.45, 2.75) is 18.4 Å². The number of aromatic nitrogens is 1. The molecule has 2 aromatic carbocycles. The number of benzene rings is 2. The first-order valence-corrected chi connectivity index (χ1v) is 10.4. The zero-order chi connectivity index (χ0) is 19.2. The second-order valence-corrected chi connectivity index (χ2v) is 7.91. The highest BCUT2D eigenvalue weighted by Crippen LogP contribution is 2.28. The lowest BCUT2D eigenvalue weighted by molar-refractivity contribution is 0.249. The van der Waals surface area contributed by atoms with Gasteiger partial charge in [0.1, 0.15) is 5.75 Å². The second-order valence-electron chi connectivity index (χ2n) is 7.10. The number of hydrogen-bond donors (Lipinski definition) is 0. The van der Waals surface area contributed by atoms with Crippen LogP contribution in [0.2, 0.25) is 0 Å². The molecule has 0 atom stereocenters. The average molecular weight is 392 g/mol. The lowest BCUT2D eigenvalue weighted by Crippen LogP contribution is -2.45. The Morgan fingerprint density at radius 3 is 2.54 bits per heavy atom. The molecular formula is C23H25N3OS. The first kappa shape index (κ1) is 18.8. The van der Waals surface area contributed by atoms with Crippen molar-refractivity contribution in [1.82, 2.24) is 9.88 Å². The largest absolute Gasteiger partial charge is 0.421 e. The van der Waals surface area contributed by atoms with E-state index < -0.39 is 0 Å². The van der Waals surface area contributed by atoms with Crippen LogP contribution in [0.4, 0.5) is 5.69 Å². The molecule has 2 heterocycles. The van der Waals surface area contributed by atoms with Gasteiger partial charge >= 0.3 is 0 Å². The van der Waals surface area contributed by atoms with Crippen molar-refractivity contribution >= 4 is 17.7 Å². The number of anilines is 1. The molecule has 1 fully saturated rings. The van der Waals surface area contributed by atoms with Gasteiger partial charge in [0, 0.05) is 61.8 Å². The van der Waals surface area contributed by atoms with Gasteiger partial charge in [-0.2, -0.15) is 0 Å². The van der Waals surface area contributed by atoms with Crippen molar-refractivity contribution in [3.8, 4) is 5.75 Å². The van der Waals surface area contributed by atoms with Gasteiger partial charge < -0.3 is 9.08 Å². The average Bonchev–Trinajstić information content (AvgIpc) is 2.75. The lowest BCUT2D eigenvalue weighted by Gasteiger charge is -2.36. The van der Waals surface area contributed by atoms with Gasteiger partial charge in [0.05, 0.1) is 12.0 Å². The van der Waals surface area contributed by atoms with Crippen molar-refractivity contribution in [3.05, 3.63) is 84.2 Å².